The minimum absolute atomic E-state index is 0.0502. The summed E-state index contributed by atoms with van der Waals surface area (Å²) in [4.78, 5) is 17.7. The van der Waals surface area contributed by atoms with E-state index < -0.39 is 0 Å². The number of hydrogen-bond acceptors (Lipinski definition) is 7. The van der Waals surface area contributed by atoms with Gasteiger partial charge in [0.1, 0.15) is 5.82 Å². The molecule has 0 aliphatic carbocycles. The minimum atomic E-state index is -0.294. The third-order valence-electron chi connectivity index (χ3n) is 4.88. The minimum Gasteiger partial charge on any atom is -0.339 e. The van der Waals surface area contributed by atoms with Crippen molar-refractivity contribution in [3.05, 3.63) is 57.0 Å². The lowest BCUT2D eigenvalue weighted by molar-refractivity contribution is -0.130. The summed E-state index contributed by atoms with van der Waals surface area (Å²) < 4.78 is 15.7. The van der Waals surface area contributed by atoms with Gasteiger partial charge in [0.2, 0.25) is 11.1 Å². The summed E-state index contributed by atoms with van der Waals surface area (Å²) in [6, 6.07) is 8.74. The number of nitrogens with zero attached hydrogens (tertiary/aromatic N) is 6. The molecule has 7 nitrogen and oxygen atoms in total. The number of thioether (sulfide) groups is 1. The predicted octanol–water partition coefficient (Wildman–Crippen LogP) is 3.01. The maximum atomic E-state index is 14.0. The van der Waals surface area contributed by atoms with Gasteiger partial charge in [0.15, 0.2) is 0 Å². The number of carbonyl (C=O) groups excluding carboxylic acids is 1. The van der Waals surface area contributed by atoms with Gasteiger partial charge in [0.25, 0.3) is 0 Å². The number of piperazine rings is 1. The molecule has 3 heterocycles. The van der Waals surface area contributed by atoms with Gasteiger partial charge in [0, 0.05) is 48.2 Å². The largest absolute Gasteiger partial charge is 0.339 e. The Balaban J connectivity index is 1.26. The Hall–Kier alpha value is -2.01. The maximum Gasteiger partial charge on any atom is 0.233 e. The molecule has 158 valence electrons. The summed E-state index contributed by atoms with van der Waals surface area (Å²) in [5.74, 6) is 0.0381. The number of tetrazole rings is 1. The SMILES string of the molecule is O=C(CSc1nnnn1Cc1cccs1)N1CCN(Cc2c(F)cccc2Cl)CC1. The van der Waals surface area contributed by atoms with E-state index in [1.807, 2.05) is 22.4 Å². The quantitative estimate of drug-likeness (QED) is 0.499. The van der Waals surface area contributed by atoms with Crippen LogP contribution in [0.1, 0.15) is 10.4 Å². The number of carbonyl (C=O) groups is 1. The molecule has 1 aliphatic rings. The van der Waals surface area contributed by atoms with Crippen molar-refractivity contribution >= 4 is 40.6 Å². The van der Waals surface area contributed by atoms with Crippen LogP contribution in [-0.4, -0.2) is 67.8 Å². The molecule has 0 bridgehead atoms. The summed E-state index contributed by atoms with van der Waals surface area (Å²) in [7, 11) is 0. The van der Waals surface area contributed by atoms with Crippen molar-refractivity contribution in [2.45, 2.75) is 18.2 Å². The highest BCUT2D eigenvalue weighted by Crippen LogP contribution is 2.22. The lowest BCUT2D eigenvalue weighted by Gasteiger charge is -2.34. The Bertz CT molecular complexity index is 971. The second-order valence-electron chi connectivity index (χ2n) is 6.84. The van der Waals surface area contributed by atoms with E-state index in [9.17, 15) is 9.18 Å². The van der Waals surface area contributed by atoms with Crippen molar-refractivity contribution in [1.29, 1.82) is 0 Å². The highest BCUT2D eigenvalue weighted by Gasteiger charge is 2.23. The first kappa shape index (κ1) is 21.2. The van der Waals surface area contributed by atoms with Gasteiger partial charge in [-0.25, -0.2) is 9.07 Å². The van der Waals surface area contributed by atoms with E-state index in [0.29, 0.717) is 55.0 Å². The van der Waals surface area contributed by atoms with Crippen LogP contribution < -0.4 is 0 Å². The number of amides is 1. The van der Waals surface area contributed by atoms with E-state index in [4.69, 9.17) is 11.6 Å². The Kier molecular flexibility index (Phi) is 6.98. The molecule has 0 unspecified atom stereocenters. The molecule has 0 N–H and O–H groups in total. The van der Waals surface area contributed by atoms with Crippen LogP contribution in [0.2, 0.25) is 5.02 Å². The topological polar surface area (TPSA) is 67.2 Å². The molecular formula is C19H20ClFN6OS2. The molecule has 1 amide bonds. The van der Waals surface area contributed by atoms with Gasteiger partial charge in [0.05, 0.1) is 12.3 Å². The van der Waals surface area contributed by atoms with Crippen LogP contribution in [0.25, 0.3) is 0 Å². The molecular weight excluding hydrogens is 447 g/mol. The fourth-order valence-corrected chi connectivity index (χ4v) is 4.92. The number of aromatic nitrogens is 4. The Morgan fingerprint density at radius 2 is 2.00 bits per heavy atom. The van der Waals surface area contributed by atoms with Crippen molar-refractivity contribution in [3.8, 4) is 0 Å². The lowest BCUT2D eigenvalue weighted by atomic mass is 10.2. The number of benzene rings is 1. The van der Waals surface area contributed by atoms with Crippen LogP contribution in [0.15, 0.2) is 40.9 Å². The van der Waals surface area contributed by atoms with E-state index in [1.54, 1.807) is 28.2 Å². The first-order valence-corrected chi connectivity index (χ1v) is 11.7. The molecule has 0 radical (unpaired) electrons. The molecule has 0 saturated carbocycles. The summed E-state index contributed by atoms with van der Waals surface area (Å²) in [5.41, 5.74) is 0.507. The summed E-state index contributed by atoms with van der Waals surface area (Å²) >= 11 is 9.11. The molecule has 1 aliphatic heterocycles. The molecule has 4 rings (SSSR count). The number of rotatable bonds is 7. The third-order valence-corrected chi connectivity index (χ3v) is 7.04. The van der Waals surface area contributed by atoms with Gasteiger partial charge in [-0.3, -0.25) is 9.69 Å². The van der Waals surface area contributed by atoms with Crippen molar-refractivity contribution < 1.29 is 9.18 Å². The van der Waals surface area contributed by atoms with E-state index >= 15 is 0 Å². The van der Waals surface area contributed by atoms with Gasteiger partial charge < -0.3 is 4.90 Å². The molecule has 30 heavy (non-hydrogen) atoms. The van der Waals surface area contributed by atoms with Gasteiger partial charge in [-0.1, -0.05) is 35.5 Å². The molecule has 0 atom stereocenters. The first-order valence-electron chi connectivity index (χ1n) is 9.44. The summed E-state index contributed by atoms with van der Waals surface area (Å²) in [6.07, 6.45) is 0. The monoisotopic (exact) mass is 466 g/mol. The van der Waals surface area contributed by atoms with Crippen LogP contribution in [0, 0.1) is 5.82 Å². The van der Waals surface area contributed by atoms with Crippen molar-refractivity contribution in [3.63, 3.8) is 0 Å². The number of halogens is 2. The zero-order valence-electron chi connectivity index (χ0n) is 16.1. The van der Waals surface area contributed by atoms with Crippen molar-refractivity contribution in [2.24, 2.45) is 0 Å². The molecule has 2 aromatic heterocycles. The normalized spacial score (nSPS) is 14.9. The van der Waals surface area contributed by atoms with Gasteiger partial charge in [-0.05, 0) is 34.0 Å². The van der Waals surface area contributed by atoms with Crippen molar-refractivity contribution in [2.75, 3.05) is 31.9 Å². The van der Waals surface area contributed by atoms with Crippen LogP contribution in [-0.2, 0) is 17.9 Å². The van der Waals surface area contributed by atoms with E-state index in [1.165, 1.54) is 17.8 Å². The molecule has 11 heteroatoms. The maximum absolute atomic E-state index is 14.0. The highest BCUT2D eigenvalue weighted by molar-refractivity contribution is 7.99. The van der Waals surface area contributed by atoms with Gasteiger partial charge >= 0.3 is 0 Å². The standard InChI is InChI=1S/C19H20ClFN6OS2/c20-16-4-1-5-17(21)15(16)12-25-6-8-26(9-7-25)18(28)13-30-19-22-23-24-27(19)11-14-3-2-10-29-14/h1-5,10H,6-9,11-13H2. The van der Waals surface area contributed by atoms with Crippen molar-refractivity contribution in [1.82, 2.24) is 30.0 Å². The molecule has 1 aromatic carbocycles. The third kappa shape index (κ3) is 5.18. The highest BCUT2D eigenvalue weighted by atomic mass is 35.5. The molecule has 1 fully saturated rings. The van der Waals surface area contributed by atoms with E-state index in [2.05, 4.69) is 20.4 Å². The van der Waals surface area contributed by atoms with Crippen LogP contribution in [0.4, 0.5) is 4.39 Å². The predicted molar refractivity (Wildman–Crippen MR) is 115 cm³/mol. The fourth-order valence-electron chi connectivity index (χ4n) is 3.23. The number of hydrogen-bond donors (Lipinski definition) is 0. The molecule has 0 spiro atoms. The summed E-state index contributed by atoms with van der Waals surface area (Å²) in [6.45, 7) is 3.60. The smallest absolute Gasteiger partial charge is 0.233 e. The fraction of sp³-hybridized carbons (Fsp3) is 0.368. The lowest BCUT2D eigenvalue weighted by Crippen LogP contribution is -2.48. The average Bonchev–Trinajstić information content (AvgIpc) is 3.42. The first-order chi connectivity index (χ1) is 14.6. The number of thiophene rings is 1. The van der Waals surface area contributed by atoms with Gasteiger partial charge in [-0.15, -0.1) is 16.4 Å². The van der Waals surface area contributed by atoms with E-state index in [0.717, 1.165) is 4.88 Å². The second kappa shape index (κ2) is 9.86. The van der Waals surface area contributed by atoms with E-state index in [-0.39, 0.29) is 17.5 Å². The molecule has 1 saturated heterocycles. The summed E-state index contributed by atoms with van der Waals surface area (Å²) in [5, 5.41) is 14.9. The Morgan fingerprint density at radius 3 is 2.73 bits per heavy atom. The van der Waals surface area contributed by atoms with Crippen LogP contribution >= 0.6 is 34.7 Å². The molecule has 3 aromatic rings. The average molecular weight is 467 g/mol. The van der Waals surface area contributed by atoms with Crippen LogP contribution in [0.3, 0.4) is 0 Å². The second-order valence-corrected chi connectivity index (χ2v) is 9.23. The Labute approximate surface area is 186 Å². The van der Waals surface area contributed by atoms with Gasteiger partial charge in [-0.2, -0.15) is 0 Å². The Morgan fingerprint density at radius 1 is 1.17 bits per heavy atom. The van der Waals surface area contributed by atoms with Crippen LogP contribution in [0.5, 0.6) is 0 Å². The zero-order valence-corrected chi connectivity index (χ0v) is 18.5. The zero-order chi connectivity index (χ0) is 20.9.